The van der Waals surface area contributed by atoms with Crippen LogP contribution in [-0.2, 0) is 0 Å². The van der Waals surface area contributed by atoms with E-state index in [0.717, 1.165) is 31.0 Å². The molecule has 2 nitrogen and oxygen atoms in total. The Morgan fingerprint density at radius 1 is 1.23 bits per heavy atom. The molecule has 0 aromatic rings. The van der Waals surface area contributed by atoms with Crippen LogP contribution in [0.5, 0.6) is 0 Å². The maximum absolute atomic E-state index is 5.59. The summed E-state index contributed by atoms with van der Waals surface area (Å²) in [5.41, 5.74) is 5.59. The average Bonchev–Trinajstić information content (AvgIpc) is 2.04. The molecular weight excluding hydrogens is 160 g/mol. The van der Waals surface area contributed by atoms with Gasteiger partial charge in [0, 0.05) is 19.1 Å². The second-order valence-corrected chi connectivity index (χ2v) is 4.65. The van der Waals surface area contributed by atoms with Gasteiger partial charge in [-0.05, 0) is 31.7 Å². The summed E-state index contributed by atoms with van der Waals surface area (Å²) < 4.78 is 0. The molecule has 2 unspecified atom stereocenters. The summed E-state index contributed by atoms with van der Waals surface area (Å²) in [6, 6.07) is 0.761. The summed E-state index contributed by atoms with van der Waals surface area (Å²) in [5.74, 6) is 1.69. The molecule has 0 aromatic carbocycles. The molecular formula is C11H24N2. The van der Waals surface area contributed by atoms with E-state index in [1.807, 2.05) is 0 Å². The van der Waals surface area contributed by atoms with Crippen molar-refractivity contribution in [1.82, 2.24) is 4.90 Å². The summed E-state index contributed by atoms with van der Waals surface area (Å²) >= 11 is 0. The Morgan fingerprint density at radius 3 is 2.23 bits per heavy atom. The minimum absolute atomic E-state index is 0.761. The lowest BCUT2D eigenvalue weighted by molar-refractivity contribution is 0.0942. The summed E-state index contributed by atoms with van der Waals surface area (Å²) in [6.07, 6.45) is 4.20. The first-order valence-electron chi connectivity index (χ1n) is 5.57. The first-order chi connectivity index (χ1) is 6.16. The summed E-state index contributed by atoms with van der Waals surface area (Å²) in [4.78, 5) is 2.45. The van der Waals surface area contributed by atoms with Crippen LogP contribution in [0.4, 0.5) is 0 Å². The zero-order valence-electron chi connectivity index (χ0n) is 9.29. The Hall–Kier alpha value is -0.0800. The fourth-order valence-corrected chi connectivity index (χ4v) is 2.89. The van der Waals surface area contributed by atoms with Gasteiger partial charge in [0.2, 0.25) is 0 Å². The smallest absolute Gasteiger partial charge is 0.0144 e. The molecule has 0 radical (unpaired) electrons. The van der Waals surface area contributed by atoms with Crippen molar-refractivity contribution >= 4 is 0 Å². The average molecular weight is 184 g/mol. The van der Waals surface area contributed by atoms with Crippen molar-refractivity contribution in [2.45, 2.75) is 39.2 Å². The molecule has 0 heterocycles. The number of hydrogen-bond acceptors (Lipinski definition) is 2. The second-order valence-electron chi connectivity index (χ2n) is 4.65. The predicted molar refractivity (Wildman–Crippen MR) is 57.7 cm³/mol. The fraction of sp³-hybridized carbons (Fsp3) is 1.00. The third-order valence-corrected chi connectivity index (χ3v) is 3.48. The zero-order valence-corrected chi connectivity index (χ0v) is 9.29. The third kappa shape index (κ3) is 2.68. The molecule has 1 rings (SSSR count). The first kappa shape index (κ1) is 11.0. The van der Waals surface area contributed by atoms with Crippen molar-refractivity contribution in [1.29, 1.82) is 0 Å². The molecule has 0 aliphatic heterocycles. The Morgan fingerprint density at radius 2 is 1.77 bits per heavy atom. The summed E-state index contributed by atoms with van der Waals surface area (Å²) in [7, 11) is 2.22. The van der Waals surface area contributed by atoms with Gasteiger partial charge in [-0.2, -0.15) is 0 Å². The molecule has 1 saturated carbocycles. The topological polar surface area (TPSA) is 29.3 Å². The molecule has 1 aliphatic rings. The van der Waals surface area contributed by atoms with E-state index in [4.69, 9.17) is 5.73 Å². The lowest BCUT2D eigenvalue weighted by Crippen LogP contribution is -2.45. The van der Waals surface area contributed by atoms with Crippen molar-refractivity contribution in [2.75, 3.05) is 20.1 Å². The van der Waals surface area contributed by atoms with Gasteiger partial charge in [0.15, 0.2) is 0 Å². The molecule has 1 fully saturated rings. The third-order valence-electron chi connectivity index (χ3n) is 3.48. The van der Waals surface area contributed by atoms with Gasteiger partial charge in [-0.1, -0.05) is 20.3 Å². The monoisotopic (exact) mass is 184 g/mol. The molecule has 0 bridgehead atoms. The van der Waals surface area contributed by atoms with Gasteiger partial charge in [0.05, 0.1) is 0 Å². The molecule has 0 spiro atoms. The van der Waals surface area contributed by atoms with Crippen molar-refractivity contribution in [3.63, 3.8) is 0 Å². The number of likely N-dealkylation sites (N-methyl/N-ethyl adjacent to an activating group) is 1. The first-order valence-corrected chi connectivity index (χ1v) is 5.57. The van der Waals surface area contributed by atoms with E-state index in [-0.39, 0.29) is 0 Å². The van der Waals surface area contributed by atoms with Crippen LogP contribution in [0.2, 0.25) is 0 Å². The van der Waals surface area contributed by atoms with Crippen LogP contribution in [0.1, 0.15) is 33.1 Å². The van der Waals surface area contributed by atoms with Gasteiger partial charge in [-0.25, -0.2) is 0 Å². The van der Waals surface area contributed by atoms with Gasteiger partial charge in [0.25, 0.3) is 0 Å². The Balaban J connectivity index is 2.51. The van der Waals surface area contributed by atoms with E-state index in [0.29, 0.717) is 0 Å². The van der Waals surface area contributed by atoms with Gasteiger partial charge in [0.1, 0.15) is 0 Å². The number of hydrogen-bond donors (Lipinski definition) is 1. The summed E-state index contributed by atoms with van der Waals surface area (Å²) in [6.45, 7) is 6.59. The van der Waals surface area contributed by atoms with Crippen LogP contribution in [0.25, 0.3) is 0 Å². The number of nitrogens with zero attached hydrogens (tertiary/aromatic N) is 1. The normalized spacial score (nSPS) is 35.3. The highest BCUT2D eigenvalue weighted by Gasteiger charge is 2.30. The maximum Gasteiger partial charge on any atom is 0.0144 e. The molecule has 78 valence electrons. The molecule has 1 aliphatic carbocycles. The largest absolute Gasteiger partial charge is 0.329 e. The van der Waals surface area contributed by atoms with E-state index in [2.05, 4.69) is 25.8 Å². The molecule has 0 aromatic heterocycles. The standard InChI is InChI=1S/C11H24N2/c1-9-5-4-6-10(2)11(9)13(3)8-7-12/h9-11H,4-8,12H2,1-3H3. The van der Waals surface area contributed by atoms with E-state index < -0.39 is 0 Å². The molecule has 13 heavy (non-hydrogen) atoms. The van der Waals surface area contributed by atoms with Gasteiger partial charge in [-0.15, -0.1) is 0 Å². The van der Waals surface area contributed by atoms with E-state index >= 15 is 0 Å². The maximum atomic E-state index is 5.59. The van der Waals surface area contributed by atoms with E-state index in [1.165, 1.54) is 19.3 Å². The number of rotatable bonds is 3. The Labute approximate surface area is 82.5 Å². The lowest BCUT2D eigenvalue weighted by atomic mass is 9.78. The van der Waals surface area contributed by atoms with Crippen LogP contribution in [0.15, 0.2) is 0 Å². The minimum Gasteiger partial charge on any atom is -0.329 e. The highest BCUT2D eigenvalue weighted by molar-refractivity contribution is 4.84. The van der Waals surface area contributed by atoms with Crippen molar-refractivity contribution < 1.29 is 0 Å². The minimum atomic E-state index is 0.761. The molecule has 0 saturated heterocycles. The highest BCUT2D eigenvalue weighted by atomic mass is 15.1. The van der Waals surface area contributed by atoms with E-state index in [9.17, 15) is 0 Å². The van der Waals surface area contributed by atoms with Crippen LogP contribution >= 0.6 is 0 Å². The van der Waals surface area contributed by atoms with E-state index in [1.54, 1.807) is 0 Å². The molecule has 2 N–H and O–H groups in total. The van der Waals surface area contributed by atoms with Gasteiger partial charge < -0.3 is 10.6 Å². The van der Waals surface area contributed by atoms with Crippen molar-refractivity contribution in [3.8, 4) is 0 Å². The highest BCUT2D eigenvalue weighted by Crippen LogP contribution is 2.31. The van der Waals surface area contributed by atoms with Gasteiger partial charge in [-0.3, -0.25) is 0 Å². The lowest BCUT2D eigenvalue weighted by Gasteiger charge is -2.40. The molecule has 2 heteroatoms. The zero-order chi connectivity index (χ0) is 9.84. The Bertz CT molecular complexity index is 137. The van der Waals surface area contributed by atoms with Crippen LogP contribution < -0.4 is 5.73 Å². The quantitative estimate of drug-likeness (QED) is 0.723. The van der Waals surface area contributed by atoms with Crippen LogP contribution in [-0.4, -0.2) is 31.1 Å². The molecule has 0 amide bonds. The van der Waals surface area contributed by atoms with Gasteiger partial charge >= 0.3 is 0 Å². The molecule has 2 atom stereocenters. The second kappa shape index (κ2) is 4.97. The Kier molecular flexibility index (Phi) is 4.20. The summed E-state index contributed by atoms with van der Waals surface area (Å²) in [5, 5.41) is 0. The fourth-order valence-electron chi connectivity index (χ4n) is 2.89. The SMILES string of the molecule is CC1CCCC(C)C1N(C)CCN. The number of nitrogens with two attached hydrogens (primary N) is 1. The van der Waals surface area contributed by atoms with Crippen molar-refractivity contribution in [2.24, 2.45) is 17.6 Å². The van der Waals surface area contributed by atoms with Crippen molar-refractivity contribution in [3.05, 3.63) is 0 Å². The predicted octanol–water partition coefficient (Wildman–Crippen LogP) is 1.70. The van der Waals surface area contributed by atoms with Crippen LogP contribution in [0, 0.1) is 11.8 Å². The van der Waals surface area contributed by atoms with Crippen LogP contribution in [0.3, 0.4) is 0 Å².